The molecule has 0 saturated heterocycles. The fraction of sp³-hybridized carbons (Fsp3) is 0.154. The van der Waals surface area contributed by atoms with Crippen molar-refractivity contribution >= 4 is 45.8 Å². The number of benzene rings is 3. The van der Waals surface area contributed by atoms with Gasteiger partial charge in [-0.1, -0.05) is 54.9 Å². The van der Waals surface area contributed by atoms with Gasteiger partial charge in [-0.25, -0.2) is 4.98 Å². The molecule has 0 aliphatic heterocycles. The van der Waals surface area contributed by atoms with Gasteiger partial charge in [0, 0.05) is 22.7 Å². The van der Waals surface area contributed by atoms with Crippen LogP contribution in [0.1, 0.15) is 18.9 Å². The van der Waals surface area contributed by atoms with Crippen molar-refractivity contribution in [1.82, 2.24) is 9.55 Å². The third-order valence-electron chi connectivity index (χ3n) is 5.41. The van der Waals surface area contributed by atoms with Gasteiger partial charge in [0.15, 0.2) is 0 Å². The van der Waals surface area contributed by atoms with Gasteiger partial charge < -0.3 is 10.6 Å². The molecule has 4 rings (SSSR count). The molecule has 0 atom stereocenters. The predicted octanol–water partition coefficient (Wildman–Crippen LogP) is 5.01. The summed E-state index contributed by atoms with van der Waals surface area (Å²) in [5.41, 5.74) is 3.21. The van der Waals surface area contributed by atoms with Crippen LogP contribution in [0.4, 0.5) is 11.4 Å². The summed E-state index contributed by atoms with van der Waals surface area (Å²) in [4.78, 5) is 43.1. The Bertz CT molecular complexity index is 1460. The summed E-state index contributed by atoms with van der Waals surface area (Å²) >= 11 is 6.07. The Morgan fingerprint density at radius 2 is 1.65 bits per heavy atom. The monoisotopic (exact) mass is 474 g/mol. The van der Waals surface area contributed by atoms with Crippen molar-refractivity contribution in [2.24, 2.45) is 0 Å². The standard InChI is InChI=1S/C26H23ClN4O3/c1-3-23(32)28-19-9-5-4-8-18(19)25-26(34)31(22-11-7-6-10-20(22)30-25)15-24(33)29-21-14-17(27)13-12-16(21)2/h4-14H,3,15H2,1-2H3,(H,28,32)(H,29,33). The molecule has 0 spiro atoms. The zero-order valence-corrected chi connectivity index (χ0v) is 19.5. The molecule has 34 heavy (non-hydrogen) atoms. The SMILES string of the molecule is CCC(=O)Nc1ccccc1-c1nc2ccccc2n(CC(=O)Nc2cc(Cl)ccc2C)c1=O. The summed E-state index contributed by atoms with van der Waals surface area (Å²) in [5, 5.41) is 6.16. The number of rotatable bonds is 6. The Morgan fingerprint density at radius 1 is 0.941 bits per heavy atom. The molecule has 7 nitrogen and oxygen atoms in total. The first-order chi connectivity index (χ1) is 16.4. The number of hydrogen-bond acceptors (Lipinski definition) is 4. The molecule has 8 heteroatoms. The Hall–Kier alpha value is -3.97. The molecule has 172 valence electrons. The Labute approximate surface area is 201 Å². The lowest BCUT2D eigenvalue weighted by molar-refractivity contribution is -0.117. The minimum atomic E-state index is -0.435. The van der Waals surface area contributed by atoms with Crippen LogP contribution in [-0.4, -0.2) is 21.4 Å². The van der Waals surface area contributed by atoms with Crippen LogP contribution in [0.15, 0.2) is 71.5 Å². The summed E-state index contributed by atoms with van der Waals surface area (Å²) in [5.74, 6) is -0.549. The van der Waals surface area contributed by atoms with Gasteiger partial charge in [-0.15, -0.1) is 0 Å². The molecule has 1 heterocycles. The highest BCUT2D eigenvalue weighted by molar-refractivity contribution is 6.31. The van der Waals surface area contributed by atoms with Crippen LogP contribution in [0, 0.1) is 6.92 Å². The molecular weight excluding hydrogens is 452 g/mol. The van der Waals surface area contributed by atoms with Crippen LogP contribution in [0.5, 0.6) is 0 Å². The third kappa shape index (κ3) is 4.84. The van der Waals surface area contributed by atoms with Crippen molar-refractivity contribution in [3.05, 3.63) is 87.7 Å². The van der Waals surface area contributed by atoms with E-state index < -0.39 is 5.56 Å². The molecular formula is C26H23ClN4O3. The number of aryl methyl sites for hydroxylation is 1. The number of para-hydroxylation sites is 3. The molecule has 1 aromatic heterocycles. The molecule has 0 saturated carbocycles. The Morgan fingerprint density at radius 3 is 2.44 bits per heavy atom. The second-order valence-electron chi connectivity index (χ2n) is 7.80. The first-order valence-electron chi connectivity index (χ1n) is 10.8. The van der Waals surface area contributed by atoms with Crippen molar-refractivity contribution in [3.63, 3.8) is 0 Å². The van der Waals surface area contributed by atoms with E-state index in [-0.39, 0.29) is 24.1 Å². The van der Waals surface area contributed by atoms with Crippen LogP contribution >= 0.6 is 11.6 Å². The fourth-order valence-corrected chi connectivity index (χ4v) is 3.80. The van der Waals surface area contributed by atoms with Crippen molar-refractivity contribution < 1.29 is 9.59 Å². The van der Waals surface area contributed by atoms with E-state index in [0.29, 0.717) is 39.4 Å². The van der Waals surface area contributed by atoms with E-state index in [4.69, 9.17) is 11.6 Å². The number of nitrogens with one attached hydrogen (secondary N) is 2. The van der Waals surface area contributed by atoms with E-state index in [0.717, 1.165) is 5.56 Å². The minimum absolute atomic E-state index is 0.150. The molecule has 0 aliphatic carbocycles. The molecule has 4 aromatic rings. The number of aromatic nitrogens is 2. The van der Waals surface area contributed by atoms with E-state index in [1.165, 1.54) is 4.57 Å². The Balaban J connectivity index is 1.79. The molecule has 2 N–H and O–H groups in total. The largest absolute Gasteiger partial charge is 0.325 e. The Kier molecular flexibility index (Phi) is 6.75. The number of halogens is 1. The number of carbonyl (C=O) groups is 2. The molecule has 2 amide bonds. The first-order valence-corrected chi connectivity index (χ1v) is 11.2. The molecule has 0 bridgehead atoms. The molecule has 0 unspecified atom stereocenters. The zero-order valence-electron chi connectivity index (χ0n) is 18.8. The van der Waals surface area contributed by atoms with Crippen molar-refractivity contribution in [2.75, 3.05) is 10.6 Å². The van der Waals surface area contributed by atoms with Gasteiger partial charge in [-0.2, -0.15) is 0 Å². The van der Waals surface area contributed by atoms with Crippen LogP contribution in [0.2, 0.25) is 5.02 Å². The first kappa shape index (κ1) is 23.2. The zero-order chi connectivity index (χ0) is 24.2. The van der Waals surface area contributed by atoms with E-state index in [9.17, 15) is 14.4 Å². The smallest absolute Gasteiger partial charge is 0.278 e. The average molecular weight is 475 g/mol. The summed E-state index contributed by atoms with van der Waals surface area (Å²) in [6.07, 6.45) is 0.298. The van der Waals surface area contributed by atoms with Gasteiger partial charge in [0.2, 0.25) is 11.8 Å². The quantitative estimate of drug-likeness (QED) is 0.410. The van der Waals surface area contributed by atoms with E-state index >= 15 is 0 Å². The summed E-state index contributed by atoms with van der Waals surface area (Å²) in [6, 6.07) is 19.3. The van der Waals surface area contributed by atoms with Crippen LogP contribution in [-0.2, 0) is 16.1 Å². The highest BCUT2D eigenvalue weighted by atomic mass is 35.5. The predicted molar refractivity (Wildman–Crippen MR) is 135 cm³/mol. The van der Waals surface area contributed by atoms with Crippen LogP contribution in [0.25, 0.3) is 22.3 Å². The molecule has 0 aliphatic rings. The number of fused-ring (bicyclic) bond motifs is 1. The van der Waals surface area contributed by atoms with Gasteiger partial charge in [-0.05, 0) is 42.8 Å². The molecule has 0 radical (unpaired) electrons. The highest BCUT2D eigenvalue weighted by Gasteiger charge is 2.18. The van der Waals surface area contributed by atoms with E-state index in [2.05, 4.69) is 15.6 Å². The number of carbonyl (C=O) groups excluding carboxylic acids is 2. The lowest BCUT2D eigenvalue weighted by atomic mass is 10.1. The second-order valence-corrected chi connectivity index (χ2v) is 8.23. The van der Waals surface area contributed by atoms with Gasteiger partial charge in [0.1, 0.15) is 12.2 Å². The lowest BCUT2D eigenvalue weighted by Crippen LogP contribution is -2.30. The maximum atomic E-state index is 13.6. The molecule has 3 aromatic carbocycles. The van der Waals surface area contributed by atoms with Gasteiger partial charge in [0.25, 0.3) is 5.56 Å². The number of anilines is 2. The minimum Gasteiger partial charge on any atom is -0.325 e. The second kappa shape index (κ2) is 9.89. The van der Waals surface area contributed by atoms with Crippen LogP contribution in [0.3, 0.4) is 0 Å². The lowest BCUT2D eigenvalue weighted by Gasteiger charge is -2.15. The normalized spacial score (nSPS) is 10.8. The average Bonchev–Trinajstić information content (AvgIpc) is 2.83. The van der Waals surface area contributed by atoms with Gasteiger partial charge in [0.05, 0.1) is 16.7 Å². The van der Waals surface area contributed by atoms with Gasteiger partial charge in [-0.3, -0.25) is 19.0 Å². The number of hydrogen-bond donors (Lipinski definition) is 2. The maximum absolute atomic E-state index is 13.6. The number of amides is 2. The summed E-state index contributed by atoms with van der Waals surface area (Å²) < 4.78 is 1.39. The number of nitrogens with zero attached hydrogens (tertiary/aromatic N) is 2. The summed E-state index contributed by atoms with van der Waals surface area (Å²) in [7, 11) is 0. The van der Waals surface area contributed by atoms with Crippen molar-refractivity contribution in [2.45, 2.75) is 26.8 Å². The van der Waals surface area contributed by atoms with E-state index in [1.807, 2.05) is 19.1 Å². The molecule has 0 fully saturated rings. The fourth-order valence-electron chi connectivity index (χ4n) is 3.62. The van der Waals surface area contributed by atoms with Crippen LogP contribution < -0.4 is 16.2 Å². The van der Waals surface area contributed by atoms with E-state index in [1.54, 1.807) is 61.5 Å². The maximum Gasteiger partial charge on any atom is 0.278 e. The van der Waals surface area contributed by atoms with Crippen molar-refractivity contribution in [3.8, 4) is 11.3 Å². The topological polar surface area (TPSA) is 93.1 Å². The summed E-state index contributed by atoms with van der Waals surface area (Å²) in [6.45, 7) is 3.39. The highest BCUT2D eigenvalue weighted by Crippen LogP contribution is 2.26. The third-order valence-corrected chi connectivity index (χ3v) is 5.64. The van der Waals surface area contributed by atoms with Gasteiger partial charge >= 0.3 is 0 Å². The van der Waals surface area contributed by atoms with Crippen molar-refractivity contribution in [1.29, 1.82) is 0 Å².